The number of aliphatic carboxylic acids is 1. The number of carboxylic acid groups (broad SMARTS) is 1. The fourth-order valence-corrected chi connectivity index (χ4v) is 6.06. The van der Waals surface area contributed by atoms with Crippen molar-refractivity contribution < 1.29 is 48.1 Å². The molecule has 0 aliphatic carbocycles. The van der Waals surface area contributed by atoms with Crippen LogP contribution in [0.3, 0.4) is 0 Å². The summed E-state index contributed by atoms with van der Waals surface area (Å²) in [6, 6.07) is 30.2. The van der Waals surface area contributed by atoms with Gasteiger partial charge in [0.25, 0.3) is 0 Å². The first-order valence-electron chi connectivity index (χ1n) is 21.3. The van der Waals surface area contributed by atoms with Gasteiger partial charge in [-0.2, -0.15) is 0 Å². The van der Waals surface area contributed by atoms with Crippen LogP contribution in [0.4, 0.5) is 9.59 Å². The Labute approximate surface area is 392 Å². The quantitative estimate of drug-likeness (QED) is 0.0376. The van der Waals surface area contributed by atoms with Gasteiger partial charge in [-0.05, 0) is 95.0 Å². The summed E-state index contributed by atoms with van der Waals surface area (Å²) in [5, 5.41) is 27.2. The van der Waals surface area contributed by atoms with E-state index >= 15 is 0 Å². The molecule has 0 radical (unpaired) electrons. The van der Waals surface area contributed by atoms with Crippen LogP contribution in [0.15, 0.2) is 109 Å². The number of Topliss-reactive ketones (excluding diaryl/α,β-unsaturated/α-hetero) is 1. The second-order valence-electron chi connectivity index (χ2n) is 16.2. The van der Waals surface area contributed by atoms with Gasteiger partial charge in [0.2, 0.25) is 11.8 Å². The highest BCUT2D eigenvalue weighted by atomic mass is 35.5. The molecule has 4 rings (SSSR count). The van der Waals surface area contributed by atoms with Crippen molar-refractivity contribution in [2.45, 2.75) is 110 Å². The van der Waals surface area contributed by atoms with Crippen molar-refractivity contribution in [1.82, 2.24) is 21.3 Å². The van der Waals surface area contributed by atoms with E-state index in [1.165, 1.54) is 14.0 Å². The monoisotopic (exact) mass is 930 g/mol. The van der Waals surface area contributed by atoms with Crippen molar-refractivity contribution in [2.24, 2.45) is 5.73 Å². The Morgan fingerprint density at radius 3 is 1.76 bits per heavy atom. The van der Waals surface area contributed by atoms with E-state index in [4.69, 9.17) is 30.5 Å². The Kier molecular flexibility index (Phi) is 23.6. The SMILES string of the molecule is COc1cc(C(=N)NC(=O)OCc2ccccc2)ccc1CCC(=O)[C@H](C)NC(=O)[C@H](N)CCc1ccccc1.C[C@H](NC(=O)[C@@H](CCc1ccccc1)NC(=O)OC(C)(C)C)C(=O)O.Cl. The van der Waals surface area contributed by atoms with E-state index in [-0.39, 0.29) is 43.0 Å². The molecule has 16 nitrogen and oxygen atoms in total. The van der Waals surface area contributed by atoms with Crippen LogP contribution in [-0.4, -0.2) is 83.6 Å². The third kappa shape index (κ3) is 20.8. The number of ketones is 1. The predicted octanol–water partition coefficient (Wildman–Crippen LogP) is 6.44. The average molecular weight is 932 g/mol. The Balaban J connectivity index is 0.000000497. The van der Waals surface area contributed by atoms with E-state index in [0.29, 0.717) is 43.4 Å². The molecule has 8 N–H and O–H groups in total. The molecule has 4 aromatic carbocycles. The molecule has 0 saturated heterocycles. The number of carbonyl (C=O) groups excluding carboxylic acids is 5. The summed E-state index contributed by atoms with van der Waals surface area (Å²) in [6.45, 7) is 8.26. The normalized spacial score (nSPS) is 12.4. The van der Waals surface area contributed by atoms with Crippen LogP contribution in [0, 0.1) is 5.41 Å². The minimum Gasteiger partial charge on any atom is -0.496 e. The number of nitrogens with two attached hydrogens (primary N) is 1. The second-order valence-corrected chi connectivity index (χ2v) is 16.2. The van der Waals surface area contributed by atoms with Gasteiger partial charge in [-0.15, -0.1) is 12.4 Å². The lowest BCUT2D eigenvalue weighted by Crippen LogP contribution is -2.51. The van der Waals surface area contributed by atoms with E-state index in [9.17, 15) is 28.8 Å². The number of hydrogen-bond donors (Lipinski definition) is 7. The number of nitrogens with one attached hydrogen (secondary N) is 5. The largest absolute Gasteiger partial charge is 0.496 e. The number of amidine groups is 1. The summed E-state index contributed by atoms with van der Waals surface area (Å²) < 4.78 is 15.8. The zero-order valence-corrected chi connectivity index (χ0v) is 39.1. The van der Waals surface area contributed by atoms with E-state index in [2.05, 4.69) is 21.3 Å². The number of halogens is 1. The van der Waals surface area contributed by atoms with Crippen LogP contribution in [0.5, 0.6) is 5.75 Å². The highest BCUT2D eigenvalue weighted by Crippen LogP contribution is 2.22. The Morgan fingerprint density at radius 1 is 0.697 bits per heavy atom. The number of hydrogen-bond acceptors (Lipinski definition) is 11. The Hall–Kier alpha value is -6.78. The maximum atomic E-state index is 12.7. The number of carboxylic acids is 1. The van der Waals surface area contributed by atoms with Crippen LogP contribution >= 0.6 is 12.4 Å². The number of carbonyl (C=O) groups is 6. The standard InChI is InChI=1S/C31H36N4O5.C18H26N2O5.ClH/c1-21(34-30(37)26(32)17-13-22-9-5-3-6-10-22)27(36)18-16-24-14-15-25(19-28(24)39-2)29(33)35-31(38)40-20-23-11-7-4-8-12-23;1-12(16(22)23)19-15(21)14(20-17(24)25-18(2,3)4)11-10-13-8-6-5-7-9-13;/h3-12,14-15,19,21,26H,13,16-18,20,32H2,1-2H3,(H,34,37)(H2,33,35,38);5-9,12,14H,10-11H2,1-4H3,(H,19,21)(H,20,24)(H,22,23);1H/t21-,26+;12-,14+;/m00./s1. The molecule has 356 valence electrons. The first-order chi connectivity index (χ1) is 30.8. The molecule has 0 heterocycles. The van der Waals surface area contributed by atoms with Gasteiger partial charge in [-0.25, -0.2) is 9.59 Å². The minimum atomic E-state index is -1.15. The summed E-state index contributed by atoms with van der Waals surface area (Å²) in [5.74, 6) is -1.85. The van der Waals surface area contributed by atoms with Gasteiger partial charge in [0, 0.05) is 12.0 Å². The van der Waals surface area contributed by atoms with E-state index in [1.807, 2.05) is 91.0 Å². The third-order valence-electron chi connectivity index (χ3n) is 9.72. The lowest BCUT2D eigenvalue weighted by molar-refractivity contribution is -0.141. The first-order valence-corrected chi connectivity index (χ1v) is 21.3. The highest BCUT2D eigenvalue weighted by Gasteiger charge is 2.27. The van der Waals surface area contributed by atoms with Crippen LogP contribution < -0.4 is 31.7 Å². The second kappa shape index (κ2) is 28.2. The maximum Gasteiger partial charge on any atom is 0.413 e. The van der Waals surface area contributed by atoms with Gasteiger partial charge in [-0.3, -0.25) is 29.9 Å². The maximum absolute atomic E-state index is 12.7. The molecular formula is C49H63ClN6O10. The summed E-state index contributed by atoms with van der Waals surface area (Å²) in [7, 11) is 1.50. The lowest BCUT2D eigenvalue weighted by atomic mass is 10.0. The molecule has 0 aromatic heterocycles. The van der Waals surface area contributed by atoms with Crippen LogP contribution in [0.25, 0.3) is 0 Å². The molecular weight excluding hydrogens is 868 g/mol. The number of amides is 4. The first kappa shape index (κ1) is 55.4. The number of alkyl carbamates (subject to hydrolysis) is 2. The van der Waals surface area contributed by atoms with Gasteiger partial charge in [-0.1, -0.05) is 103 Å². The predicted molar refractivity (Wildman–Crippen MR) is 254 cm³/mol. The van der Waals surface area contributed by atoms with E-state index in [0.717, 1.165) is 22.3 Å². The van der Waals surface area contributed by atoms with Crippen molar-refractivity contribution in [2.75, 3.05) is 7.11 Å². The third-order valence-corrected chi connectivity index (χ3v) is 9.72. The number of aryl methyl sites for hydroxylation is 3. The number of methoxy groups -OCH3 is 1. The molecule has 0 aliphatic heterocycles. The molecule has 17 heteroatoms. The molecule has 0 bridgehead atoms. The Bertz CT molecular complexity index is 2190. The molecule has 0 spiro atoms. The fraction of sp³-hybridized carbons (Fsp3) is 0.367. The topological polar surface area (TPSA) is 248 Å². The van der Waals surface area contributed by atoms with Crippen molar-refractivity contribution in [1.29, 1.82) is 5.41 Å². The zero-order chi connectivity index (χ0) is 47.9. The zero-order valence-electron chi connectivity index (χ0n) is 38.3. The van der Waals surface area contributed by atoms with Gasteiger partial charge in [0.15, 0.2) is 5.78 Å². The van der Waals surface area contributed by atoms with Gasteiger partial charge in [0.05, 0.1) is 19.2 Å². The molecule has 4 amide bonds. The van der Waals surface area contributed by atoms with Crippen LogP contribution in [0.2, 0.25) is 0 Å². The van der Waals surface area contributed by atoms with E-state index in [1.54, 1.807) is 45.9 Å². The molecule has 0 saturated carbocycles. The summed E-state index contributed by atoms with van der Waals surface area (Å²) in [6.07, 6.45) is 1.13. The van der Waals surface area contributed by atoms with Crippen molar-refractivity contribution in [3.05, 3.63) is 137 Å². The summed E-state index contributed by atoms with van der Waals surface area (Å²) >= 11 is 0. The van der Waals surface area contributed by atoms with Gasteiger partial charge >= 0.3 is 18.2 Å². The van der Waals surface area contributed by atoms with Crippen molar-refractivity contribution in [3.63, 3.8) is 0 Å². The highest BCUT2D eigenvalue weighted by molar-refractivity contribution is 6.04. The molecule has 4 aromatic rings. The molecule has 4 atom stereocenters. The van der Waals surface area contributed by atoms with Crippen molar-refractivity contribution in [3.8, 4) is 5.75 Å². The smallest absolute Gasteiger partial charge is 0.413 e. The fourth-order valence-electron chi connectivity index (χ4n) is 6.06. The summed E-state index contributed by atoms with van der Waals surface area (Å²) in [5.41, 5.74) is 9.48. The molecule has 0 fully saturated rings. The van der Waals surface area contributed by atoms with Crippen LogP contribution in [0.1, 0.15) is 81.7 Å². The van der Waals surface area contributed by atoms with Gasteiger partial charge < -0.3 is 41.0 Å². The lowest BCUT2D eigenvalue weighted by Gasteiger charge is -2.24. The number of benzene rings is 4. The number of ether oxygens (including phenoxy) is 3. The van der Waals surface area contributed by atoms with E-state index < -0.39 is 53.8 Å². The number of rotatable bonds is 20. The van der Waals surface area contributed by atoms with Gasteiger partial charge in [0.1, 0.15) is 35.9 Å². The molecule has 0 unspecified atom stereocenters. The van der Waals surface area contributed by atoms with Crippen LogP contribution in [-0.2, 0) is 54.5 Å². The Morgan fingerprint density at radius 2 is 1.23 bits per heavy atom. The minimum absolute atomic E-state index is 0. The average Bonchev–Trinajstić information content (AvgIpc) is 3.28. The molecule has 66 heavy (non-hydrogen) atoms. The van der Waals surface area contributed by atoms with Crippen molar-refractivity contribution >= 4 is 54.0 Å². The molecule has 0 aliphatic rings. The summed E-state index contributed by atoms with van der Waals surface area (Å²) in [4.78, 5) is 72.5.